The Morgan fingerprint density at radius 1 is 0.783 bits per heavy atom. The van der Waals surface area contributed by atoms with E-state index in [4.69, 9.17) is 19.6 Å². The molecule has 2 aliphatic rings. The van der Waals surface area contributed by atoms with Crippen molar-refractivity contribution >= 4 is 11.8 Å². The average Bonchev–Trinajstić information content (AvgIpc) is 3.65. The number of nitrogens with zero attached hydrogens (tertiary/aromatic N) is 1. The van der Waals surface area contributed by atoms with Crippen LogP contribution in [-0.4, -0.2) is 35.7 Å². The molecule has 3 N–H and O–H groups in total. The molecule has 0 bridgehead atoms. The standard InChI is InChI=1S/C39H35N3O4/c43-24-11-25-45-30-22-20-29(21-23-30)37-40-39(26-27-12-3-1-4-13-27,36(46-37)28-14-5-2-6-15-28)38(44)42-41-35-33-18-9-7-16-31(33)32-17-8-10-19-34(32)35/h1-10,12-23,35-36,41,43H,11,24-26H2,(H,42,44)/t36-,39-/m0/s1. The quantitative estimate of drug-likeness (QED) is 0.120. The maximum Gasteiger partial charge on any atom is 0.266 e. The lowest BCUT2D eigenvalue weighted by Gasteiger charge is -2.31. The Labute approximate surface area is 268 Å². The van der Waals surface area contributed by atoms with Crippen molar-refractivity contribution in [2.45, 2.75) is 30.5 Å². The van der Waals surface area contributed by atoms with Gasteiger partial charge in [-0.1, -0.05) is 109 Å². The van der Waals surface area contributed by atoms with Gasteiger partial charge < -0.3 is 14.6 Å². The van der Waals surface area contributed by atoms with Gasteiger partial charge in [-0.3, -0.25) is 10.2 Å². The van der Waals surface area contributed by atoms with Crippen molar-refractivity contribution in [3.63, 3.8) is 0 Å². The minimum absolute atomic E-state index is 0.0732. The molecule has 1 heterocycles. The van der Waals surface area contributed by atoms with E-state index in [9.17, 15) is 4.79 Å². The molecule has 5 aromatic carbocycles. The molecule has 46 heavy (non-hydrogen) atoms. The number of carbonyl (C=O) groups is 1. The van der Waals surface area contributed by atoms with Crippen LogP contribution < -0.4 is 15.6 Å². The van der Waals surface area contributed by atoms with Crippen LogP contribution in [-0.2, 0) is 16.0 Å². The number of rotatable bonds is 11. The number of amides is 1. The first-order valence-corrected chi connectivity index (χ1v) is 15.6. The molecule has 7 nitrogen and oxygen atoms in total. The van der Waals surface area contributed by atoms with Crippen LogP contribution in [0.3, 0.4) is 0 Å². The van der Waals surface area contributed by atoms with Crippen molar-refractivity contribution in [3.8, 4) is 16.9 Å². The number of hydrogen-bond donors (Lipinski definition) is 3. The molecule has 7 rings (SSSR count). The first kappa shape index (κ1) is 29.5. The third kappa shape index (κ3) is 5.67. The van der Waals surface area contributed by atoms with Gasteiger partial charge in [-0.2, -0.15) is 0 Å². The number of hydrogen-bond acceptors (Lipinski definition) is 6. The highest BCUT2D eigenvalue weighted by Gasteiger charge is 2.53. The van der Waals surface area contributed by atoms with Gasteiger partial charge in [0.25, 0.3) is 5.91 Å². The van der Waals surface area contributed by atoms with E-state index in [1.807, 2.05) is 109 Å². The second kappa shape index (κ2) is 13.0. The van der Waals surface area contributed by atoms with Gasteiger partial charge in [0.2, 0.25) is 5.90 Å². The molecule has 2 atom stereocenters. The molecule has 0 fully saturated rings. The lowest BCUT2D eigenvalue weighted by molar-refractivity contribution is -0.130. The number of aliphatic hydroxyl groups is 1. The molecule has 0 unspecified atom stereocenters. The lowest BCUT2D eigenvalue weighted by Crippen LogP contribution is -2.54. The third-order valence-electron chi connectivity index (χ3n) is 8.61. The molecule has 0 radical (unpaired) electrons. The fraction of sp³-hybridized carbons (Fsp3) is 0.179. The first-order chi connectivity index (χ1) is 22.7. The number of aliphatic hydroxyl groups excluding tert-OH is 1. The van der Waals surface area contributed by atoms with Crippen LogP contribution in [0.25, 0.3) is 11.1 Å². The zero-order valence-corrected chi connectivity index (χ0v) is 25.3. The molecule has 0 saturated carbocycles. The Hall–Kier alpha value is -5.24. The zero-order valence-electron chi connectivity index (χ0n) is 25.3. The van der Waals surface area contributed by atoms with Crippen molar-refractivity contribution in [2.24, 2.45) is 4.99 Å². The average molecular weight is 610 g/mol. The Balaban J connectivity index is 1.26. The number of carbonyl (C=O) groups excluding carboxylic acids is 1. The number of hydrazine groups is 1. The molecule has 5 aromatic rings. The molecule has 1 amide bonds. The molecule has 230 valence electrons. The summed E-state index contributed by atoms with van der Waals surface area (Å²) in [6, 6.07) is 43.5. The number of nitrogens with one attached hydrogen (secondary N) is 2. The number of aliphatic imine (C=N–C) groups is 1. The highest BCUT2D eigenvalue weighted by Crippen LogP contribution is 2.44. The molecule has 0 aromatic heterocycles. The van der Waals surface area contributed by atoms with Crippen molar-refractivity contribution in [2.75, 3.05) is 13.2 Å². The van der Waals surface area contributed by atoms with Gasteiger partial charge >= 0.3 is 0 Å². The summed E-state index contributed by atoms with van der Waals surface area (Å²) in [5.74, 6) is 0.787. The summed E-state index contributed by atoms with van der Waals surface area (Å²) in [7, 11) is 0. The number of fused-ring (bicyclic) bond motifs is 3. The van der Waals surface area contributed by atoms with Crippen LogP contribution in [0, 0.1) is 0 Å². The van der Waals surface area contributed by atoms with Crippen LogP contribution >= 0.6 is 0 Å². The van der Waals surface area contributed by atoms with E-state index in [0.29, 0.717) is 31.1 Å². The summed E-state index contributed by atoms with van der Waals surface area (Å²) >= 11 is 0. The van der Waals surface area contributed by atoms with Crippen molar-refractivity contribution in [3.05, 3.63) is 161 Å². The summed E-state index contributed by atoms with van der Waals surface area (Å²) in [6.07, 6.45) is 0.193. The van der Waals surface area contributed by atoms with Gasteiger partial charge in [-0.25, -0.2) is 10.4 Å². The number of ether oxygens (including phenoxy) is 2. The molecule has 0 saturated heterocycles. The van der Waals surface area contributed by atoms with Crippen LogP contribution in [0.1, 0.15) is 46.4 Å². The molecular weight excluding hydrogens is 574 g/mol. The molecule has 1 aliphatic carbocycles. The zero-order chi connectivity index (χ0) is 31.3. The van der Waals surface area contributed by atoms with E-state index >= 15 is 0 Å². The second-order valence-corrected chi connectivity index (χ2v) is 11.6. The van der Waals surface area contributed by atoms with E-state index in [0.717, 1.165) is 38.9 Å². The van der Waals surface area contributed by atoms with Crippen molar-refractivity contribution in [1.29, 1.82) is 0 Å². The van der Waals surface area contributed by atoms with E-state index in [1.54, 1.807) is 0 Å². The van der Waals surface area contributed by atoms with Crippen LogP contribution in [0.4, 0.5) is 0 Å². The smallest absolute Gasteiger partial charge is 0.266 e. The Morgan fingerprint density at radius 3 is 2.04 bits per heavy atom. The van der Waals surface area contributed by atoms with Gasteiger partial charge in [0.15, 0.2) is 11.6 Å². The summed E-state index contributed by atoms with van der Waals surface area (Å²) in [5.41, 5.74) is 12.2. The van der Waals surface area contributed by atoms with Gasteiger partial charge in [-0.05, 0) is 57.6 Å². The first-order valence-electron chi connectivity index (χ1n) is 15.6. The highest BCUT2D eigenvalue weighted by atomic mass is 16.5. The second-order valence-electron chi connectivity index (χ2n) is 11.6. The van der Waals surface area contributed by atoms with Crippen LogP contribution in [0.15, 0.2) is 138 Å². The molecule has 0 spiro atoms. The maximum atomic E-state index is 14.7. The summed E-state index contributed by atoms with van der Waals surface area (Å²) in [5, 5.41) is 9.09. The van der Waals surface area contributed by atoms with E-state index < -0.39 is 11.6 Å². The number of benzene rings is 5. The Bertz CT molecular complexity index is 1800. The van der Waals surface area contributed by atoms with E-state index in [2.05, 4.69) is 35.1 Å². The van der Waals surface area contributed by atoms with Crippen molar-refractivity contribution < 1.29 is 19.4 Å². The topological polar surface area (TPSA) is 92.2 Å². The lowest BCUT2D eigenvalue weighted by atomic mass is 9.82. The Kier molecular flexibility index (Phi) is 8.33. The summed E-state index contributed by atoms with van der Waals surface area (Å²) < 4.78 is 12.4. The van der Waals surface area contributed by atoms with E-state index in [-0.39, 0.29) is 18.6 Å². The SMILES string of the molecule is O=C(NNC1c2ccccc2-c2ccccc21)[C@@]1(Cc2ccccc2)N=C(c2ccc(OCCCO)cc2)O[C@H]1c1ccccc1. The molecule has 7 heteroatoms. The normalized spacial score (nSPS) is 18.3. The van der Waals surface area contributed by atoms with Crippen LogP contribution in [0.2, 0.25) is 0 Å². The fourth-order valence-corrected chi connectivity index (χ4v) is 6.37. The predicted molar refractivity (Wildman–Crippen MR) is 178 cm³/mol. The monoisotopic (exact) mass is 609 g/mol. The van der Waals surface area contributed by atoms with Gasteiger partial charge in [0.05, 0.1) is 12.6 Å². The molecule has 1 aliphatic heterocycles. The van der Waals surface area contributed by atoms with Crippen LogP contribution in [0.5, 0.6) is 5.75 Å². The molecular formula is C39H35N3O4. The van der Waals surface area contributed by atoms with Crippen molar-refractivity contribution in [1.82, 2.24) is 10.9 Å². The van der Waals surface area contributed by atoms with Gasteiger partial charge in [-0.15, -0.1) is 0 Å². The van der Waals surface area contributed by atoms with Gasteiger partial charge in [0, 0.05) is 25.0 Å². The van der Waals surface area contributed by atoms with E-state index in [1.165, 1.54) is 0 Å². The largest absolute Gasteiger partial charge is 0.494 e. The fourth-order valence-electron chi connectivity index (χ4n) is 6.37. The predicted octanol–water partition coefficient (Wildman–Crippen LogP) is 6.34. The maximum absolute atomic E-state index is 14.7. The highest BCUT2D eigenvalue weighted by molar-refractivity contribution is 6.01. The summed E-state index contributed by atoms with van der Waals surface area (Å²) in [6.45, 7) is 0.496. The van der Waals surface area contributed by atoms with Gasteiger partial charge in [0.1, 0.15) is 5.75 Å². The minimum Gasteiger partial charge on any atom is -0.494 e. The summed E-state index contributed by atoms with van der Waals surface area (Å²) in [4.78, 5) is 19.9. The Morgan fingerprint density at radius 2 is 1.39 bits per heavy atom. The minimum atomic E-state index is -1.32. The third-order valence-corrected chi connectivity index (χ3v) is 8.61.